The molecule has 1 aliphatic rings. The smallest absolute Gasteiger partial charge is 0.271 e. The van der Waals surface area contributed by atoms with Crippen LogP contribution < -0.4 is 10.6 Å². The monoisotopic (exact) mass is 292 g/mol. The Hall–Kier alpha value is -1.69. The molecule has 0 aliphatic heterocycles. The van der Waals surface area contributed by atoms with Gasteiger partial charge in [-0.3, -0.25) is 4.79 Å². The van der Waals surface area contributed by atoms with Crippen molar-refractivity contribution < 1.29 is 9.90 Å². The van der Waals surface area contributed by atoms with Crippen LogP contribution in [-0.2, 0) is 0 Å². The Kier molecular flexibility index (Phi) is 5.50. The molecule has 0 unspecified atom stereocenters. The van der Waals surface area contributed by atoms with E-state index in [1.54, 1.807) is 12.1 Å². The van der Waals surface area contributed by atoms with Crippen molar-refractivity contribution in [2.24, 2.45) is 0 Å². The molecule has 1 amide bonds. The number of anilines is 1. The summed E-state index contributed by atoms with van der Waals surface area (Å²) in [4.78, 5) is 11.6. The number of aliphatic hydroxyl groups is 1. The number of nitrogens with zero attached hydrogens (tertiary/aromatic N) is 2. The Balaban J connectivity index is 1.89. The number of aromatic nitrogens is 2. The summed E-state index contributed by atoms with van der Waals surface area (Å²) in [6, 6.07) is 3.36. The third kappa shape index (κ3) is 4.67. The van der Waals surface area contributed by atoms with Crippen LogP contribution in [0.1, 0.15) is 55.9 Å². The third-order valence-electron chi connectivity index (χ3n) is 3.87. The lowest BCUT2D eigenvalue weighted by molar-refractivity contribution is 0.0380. The van der Waals surface area contributed by atoms with Crippen molar-refractivity contribution in [2.45, 2.75) is 51.0 Å². The highest BCUT2D eigenvalue weighted by atomic mass is 16.3. The number of nitrogens with one attached hydrogen (secondary N) is 2. The largest absolute Gasteiger partial charge is 0.388 e. The fourth-order valence-electron chi connectivity index (χ4n) is 2.62. The molecule has 1 aromatic rings. The van der Waals surface area contributed by atoms with Gasteiger partial charge in [0.25, 0.3) is 5.91 Å². The second kappa shape index (κ2) is 7.36. The van der Waals surface area contributed by atoms with Gasteiger partial charge in [0.05, 0.1) is 5.60 Å². The molecule has 6 nitrogen and oxygen atoms in total. The minimum atomic E-state index is -0.656. The second-order valence-corrected chi connectivity index (χ2v) is 5.66. The van der Waals surface area contributed by atoms with Crippen molar-refractivity contribution in [3.8, 4) is 0 Å². The Morgan fingerprint density at radius 1 is 1.24 bits per heavy atom. The molecule has 3 N–H and O–H groups in total. The summed E-state index contributed by atoms with van der Waals surface area (Å²) < 4.78 is 0. The van der Waals surface area contributed by atoms with Gasteiger partial charge in [-0.2, -0.15) is 0 Å². The maximum Gasteiger partial charge on any atom is 0.271 e. The SMILES string of the molecule is CCNC(=O)c1ccc(NCC2(O)CCCCCC2)nn1. The Morgan fingerprint density at radius 3 is 2.52 bits per heavy atom. The minimum absolute atomic E-state index is 0.223. The Bertz CT molecular complexity index is 453. The van der Waals surface area contributed by atoms with E-state index in [2.05, 4.69) is 20.8 Å². The molecule has 1 heterocycles. The van der Waals surface area contributed by atoms with E-state index >= 15 is 0 Å². The number of hydrogen-bond acceptors (Lipinski definition) is 5. The van der Waals surface area contributed by atoms with Crippen molar-refractivity contribution in [1.29, 1.82) is 0 Å². The molecule has 0 radical (unpaired) electrons. The summed E-state index contributed by atoms with van der Waals surface area (Å²) in [5.74, 6) is 0.361. The van der Waals surface area contributed by atoms with Crippen LogP contribution in [0.3, 0.4) is 0 Å². The molecule has 0 saturated heterocycles. The fraction of sp³-hybridized carbons (Fsp3) is 0.667. The summed E-state index contributed by atoms with van der Waals surface area (Å²) in [6.45, 7) is 2.89. The zero-order valence-electron chi connectivity index (χ0n) is 12.6. The summed E-state index contributed by atoms with van der Waals surface area (Å²) in [6.07, 6.45) is 6.18. The molecule has 6 heteroatoms. The Morgan fingerprint density at radius 2 is 1.95 bits per heavy atom. The normalized spacial score (nSPS) is 17.8. The van der Waals surface area contributed by atoms with E-state index < -0.39 is 5.60 Å². The van der Waals surface area contributed by atoms with Gasteiger partial charge in [0.2, 0.25) is 0 Å². The maximum absolute atomic E-state index is 11.6. The summed E-state index contributed by atoms with van der Waals surface area (Å²) in [5, 5.41) is 24.2. The van der Waals surface area contributed by atoms with Crippen molar-refractivity contribution in [3.63, 3.8) is 0 Å². The first-order valence-corrected chi connectivity index (χ1v) is 7.71. The fourth-order valence-corrected chi connectivity index (χ4v) is 2.62. The van der Waals surface area contributed by atoms with Gasteiger partial charge in [-0.05, 0) is 31.9 Å². The van der Waals surface area contributed by atoms with Crippen LogP contribution in [-0.4, -0.2) is 39.9 Å². The van der Waals surface area contributed by atoms with Gasteiger partial charge in [-0.1, -0.05) is 25.7 Å². The average Bonchev–Trinajstić information content (AvgIpc) is 2.71. The molecular weight excluding hydrogens is 268 g/mol. The van der Waals surface area contributed by atoms with Gasteiger partial charge in [-0.15, -0.1) is 10.2 Å². The van der Waals surface area contributed by atoms with Crippen LogP contribution in [0.5, 0.6) is 0 Å². The van der Waals surface area contributed by atoms with Crippen LogP contribution in [0.25, 0.3) is 0 Å². The van der Waals surface area contributed by atoms with Gasteiger partial charge in [0, 0.05) is 13.1 Å². The number of amides is 1. The quantitative estimate of drug-likeness (QED) is 0.719. The lowest BCUT2D eigenvalue weighted by Crippen LogP contribution is -2.36. The predicted octanol–water partition coefficient (Wildman–Crippen LogP) is 1.72. The van der Waals surface area contributed by atoms with Crippen molar-refractivity contribution in [1.82, 2.24) is 15.5 Å². The van der Waals surface area contributed by atoms with Crippen LogP contribution in [0.4, 0.5) is 5.82 Å². The van der Waals surface area contributed by atoms with E-state index in [4.69, 9.17) is 0 Å². The number of rotatable bonds is 5. The molecule has 1 aliphatic carbocycles. The molecule has 116 valence electrons. The predicted molar refractivity (Wildman–Crippen MR) is 81.2 cm³/mol. The first-order valence-electron chi connectivity index (χ1n) is 7.71. The van der Waals surface area contributed by atoms with Crippen molar-refractivity contribution in [3.05, 3.63) is 17.8 Å². The van der Waals surface area contributed by atoms with Gasteiger partial charge >= 0.3 is 0 Å². The lowest BCUT2D eigenvalue weighted by atomic mass is 9.94. The number of carbonyl (C=O) groups is 1. The van der Waals surface area contributed by atoms with E-state index in [1.807, 2.05) is 6.92 Å². The highest BCUT2D eigenvalue weighted by molar-refractivity contribution is 5.92. The highest BCUT2D eigenvalue weighted by Crippen LogP contribution is 2.27. The minimum Gasteiger partial charge on any atom is -0.388 e. The zero-order chi connectivity index (χ0) is 15.1. The standard InChI is InChI=1S/C15H24N4O2/c1-2-16-14(20)12-7-8-13(19-18-12)17-11-15(21)9-5-3-4-6-10-15/h7-8,21H,2-6,9-11H2,1H3,(H,16,20)(H,17,19). The van der Waals surface area contributed by atoms with Crippen LogP contribution in [0.2, 0.25) is 0 Å². The van der Waals surface area contributed by atoms with Crippen LogP contribution in [0.15, 0.2) is 12.1 Å². The van der Waals surface area contributed by atoms with Gasteiger partial charge in [-0.25, -0.2) is 0 Å². The van der Waals surface area contributed by atoms with Crippen molar-refractivity contribution in [2.75, 3.05) is 18.4 Å². The summed E-state index contributed by atoms with van der Waals surface area (Å²) in [5.41, 5.74) is -0.355. The number of hydrogen-bond donors (Lipinski definition) is 3. The van der Waals surface area contributed by atoms with Gasteiger partial charge < -0.3 is 15.7 Å². The van der Waals surface area contributed by atoms with Crippen molar-refractivity contribution >= 4 is 11.7 Å². The molecule has 0 spiro atoms. The van der Waals surface area contributed by atoms with E-state index in [9.17, 15) is 9.90 Å². The number of carbonyl (C=O) groups excluding carboxylic acids is 1. The zero-order valence-corrected chi connectivity index (χ0v) is 12.6. The highest BCUT2D eigenvalue weighted by Gasteiger charge is 2.27. The van der Waals surface area contributed by atoms with Gasteiger partial charge in [0.1, 0.15) is 5.82 Å². The first-order chi connectivity index (χ1) is 10.1. The molecule has 2 rings (SSSR count). The molecular formula is C15H24N4O2. The van der Waals surface area contributed by atoms with Gasteiger partial charge in [0.15, 0.2) is 5.69 Å². The average molecular weight is 292 g/mol. The van der Waals surface area contributed by atoms with Crippen LogP contribution >= 0.6 is 0 Å². The summed E-state index contributed by atoms with van der Waals surface area (Å²) in [7, 11) is 0. The molecule has 1 fully saturated rings. The van der Waals surface area contributed by atoms with E-state index in [1.165, 1.54) is 12.8 Å². The van der Waals surface area contributed by atoms with Crippen LogP contribution in [0, 0.1) is 0 Å². The molecule has 1 saturated carbocycles. The Labute approximate surface area is 125 Å². The third-order valence-corrected chi connectivity index (χ3v) is 3.87. The topological polar surface area (TPSA) is 87.1 Å². The van der Waals surface area contributed by atoms with E-state index in [0.29, 0.717) is 24.6 Å². The molecule has 0 bridgehead atoms. The second-order valence-electron chi connectivity index (χ2n) is 5.66. The van der Waals surface area contributed by atoms with E-state index in [-0.39, 0.29) is 5.91 Å². The molecule has 21 heavy (non-hydrogen) atoms. The molecule has 0 aromatic carbocycles. The first kappa shape index (κ1) is 15.7. The molecule has 0 atom stereocenters. The lowest BCUT2D eigenvalue weighted by Gasteiger charge is -2.26. The maximum atomic E-state index is 11.6. The molecule has 1 aromatic heterocycles. The van der Waals surface area contributed by atoms with E-state index in [0.717, 1.165) is 25.7 Å². The summed E-state index contributed by atoms with van der Waals surface area (Å²) >= 11 is 0.